The molecule has 0 bridgehead atoms. The van der Waals surface area contributed by atoms with E-state index < -0.39 is 14.1 Å². The van der Waals surface area contributed by atoms with E-state index in [9.17, 15) is 0 Å². The Morgan fingerprint density at radius 1 is 0.400 bits per heavy atom. The fraction of sp³-hybridized carbons (Fsp3) is 0.250. The maximum atomic E-state index is 2.28. The predicted octanol–water partition coefficient (Wildman–Crippen LogP) is 4.05. The molecule has 3 aromatic rings. The average molecular weight is 342 g/mol. The van der Waals surface area contributed by atoms with Crippen molar-refractivity contribution in [2.24, 2.45) is 0 Å². The first kappa shape index (κ1) is 18.0. The van der Waals surface area contributed by atoms with Gasteiger partial charge in [-0.05, 0) is 41.5 Å². The minimum absolute atomic E-state index is 1.43. The highest BCUT2D eigenvalue weighted by molar-refractivity contribution is 6.97. The third-order valence-corrected chi connectivity index (χ3v) is 9.96. The van der Waals surface area contributed by atoms with E-state index in [4.69, 9.17) is 0 Å². The molecule has 0 unspecified atom stereocenters. The largest absolute Gasteiger partial charge is 0.385 e. The van der Waals surface area contributed by atoms with Crippen molar-refractivity contribution < 1.29 is 0 Å². The van der Waals surface area contributed by atoms with Crippen LogP contribution in [0, 0.1) is 41.5 Å². The summed E-state index contributed by atoms with van der Waals surface area (Å²) in [6.45, 7) is 13.7. The van der Waals surface area contributed by atoms with E-state index >= 15 is 0 Å². The Balaban J connectivity index is 2.42. The minimum atomic E-state index is -1.54. The van der Waals surface area contributed by atoms with E-state index in [0.29, 0.717) is 0 Å². The molecular weight excluding hydrogens is 315 g/mol. The highest BCUT2D eigenvalue weighted by Gasteiger charge is 2.32. The fourth-order valence-corrected chi connectivity index (χ4v) is 8.46. The topological polar surface area (TPSA) is 0 Å². The normalized spacial score (nSPS) is 10.8. The summed E-state index contributed by atoms with van der Waals surface area (Å²) >= 11 is -1.54. The van der Waals surface area contributed by atoms with Gasteiger partial charge in [-0.15, -0.1) is 0 Å². The summed E-state index contributed by atoms with van der Waals surface area (Å²) in [5.74, 6) is 0. The van der Waals surface area contributed by atoms with Crippen LogP contribution in [0.25, 0.3) is 0 Å². The van der Waals surface area contributed by atoms with Gasteiger partial charge in [-0.2, -0.15) is 0 Å². The van der Waals surface area contributed by atoms with Gasteiger partial charge in [0.25, 0.3) is 0 Å². The van der Waals surface area contributed by atoms with Gasteiger partial charge in [-0.3, -0.25) is 0 Å². The molecule has 0 aliphatic heterocycles. The summed E-state index contributed by atoms with van der Waals surface area (Å²) in [7, 11) is 0. The van der Waals surface area contributed by atoms with Crippen LogP contribution in [0.5, 0.6) is 0 Å². The molecule has 0 atom stereocenters. The van der Waals surface area contributed by atoms with Crippen molar-refractivity contribution >= 4 is 27.4 Å². The van der Waals surface area contributed by atoms with Gasteiger partial charge in [0.1, 0.15) is 0 Å². The smallest absolute Gasteiger partial charge is 0.0930 e. The first-order valence-electron chi connectivity index (χ1n) is 9.10. The lowest BCUT2D eigenvalue weighted by Crippen LogP contribution is -2.57. The van der Waals surface area contributed by atoms with Gasteiger partial charge in [-0.25, -0.2) is 0 Å². The summed E-state index contributed by atoms with van der Waals surface area (Å²) in [4.78, 5) is 0. The van der Waals surface area contributed by atoms with Gasteiger partial charge < -0.3 is 0 Å². The lowest BCUT2D eigenvalue weighted by atomic mass is 10.1. The molecule has 0 spiro atoms. The number of hydrogen-bond acceptors (Lipinski definition) is 0. The van der Waals surface area contributed by atoms with Crippen molar-refractivity contribution in [1.29, 1.82) is 0 Å². The molecule has 0 saturated heterocycles. The molecule has 0 nitrogen and oxygen atoms in total. The van der Waals surface area contributed by atoms with Crippen LogP contribution >= 0.6 is 0 Å². The maximum Gasteiger partial charge on any atom is 0.385 e. The van der Waals surface area contributed by atoms with Crippen molar-refractivity contribution in [3.05, 3.63) is 88.0 Å². The van der Waals surface area contributed by atoms with Gasteiger partial charge in [0, 0.05) is 0 Å². The molecule has 3 rings (SSSR count). The molecule has 0 aliphatic rings. The van der Waals surface area contributed by atoms with Crippen molar-refractivity contribution in [2.75, 3.05) is 0 Å². The second kappa shape index (κ2) is 7.21. The third kappa shape index (κ3) is 3.32. The van der Waals surface area contributed by atoms with Gasteiger partial charge in [0.05, 0.1) is 0 Å². The molecule has 0 fully saturated rings. The van der Waals surface area contributed by atoms with E-state index in [-0.39, 0.29) is 0 Å². The van der Waals surface area contributed by atoms with Crippen LogP contribution in [-0.4, -0.2) is 14.1 Å². The Morgan fingerprint density at radius 3 is 0.800 bits per heavy atom. The van der Waals surface area contributed by atoms with Crippen LogP contribution in [0.15, 0.2) is 54.6 Å². The molecule has 1 heteroatoms. The second-order valence-electron chi connectivity index (χ2n) is 7.35. The quantitative estimate of drug-likeness (QED) is 0.630. The molecule has 126 valence electrons. The lowest BCUT2D eigenvalue weighted by molar-refractivity contribution is 1.39. The SMILES string of the molecule is Cc1cccc(C)[c]1[Al]([c]1c(C)cccc1C)[c]1c(C)cccc1C. The van der Waals surface area contributed by atoms with Gasteiger partial charge >= 0.3 is 14.1 Å². The molecule has 3 aromatic carbocycles. The van der Waals surface area contributed by atoms with E-state index in [2.05, 4.69) is 96.1 Å². The maximum absolute atomic E-state index is 2.28. The van der Waals surface area contributed by atoms with Gasteiger partial charge in [0.2, 0.25) is 0 Å². The molecule has 0 saturated carbocycles. The fourth-order valence-electron chi connectivity index (χ4n) is 4.28. The van der Waals surface area contributed by atoms with Crippen LogP contribution in [0.2, 0.25) is 0 Å². The zero-order valence-electron chi connectivity index (χ0n) is 16.3. The third-order valence-electron chi connectivity index (χ3n) is 5.49. The predicted molar refractivity (Wildman–Crippen MR) is 112 cm³/mol. The van der Waals surface area contributed by atoms with E-state index in [1.165, 1.54) is 33.4 Å². The Hall–Kier alpha value is -1.81. The van der Waals surface area contributed by atoms with Gasteiger partial charge in [0.15, 0.2) is 0 Å². The van der Waals surface area contributed by atoms with E-state index in [1.807, 2.05) is 0 Å². The molecule has 0 aromatic heterocycles. The number of aryl methyl sites for hydroxylation is 6. The van der Waals surface area contributed by atoms with Crippen LogP contribution in [0.3, 0.4) is 0 Å². The molecule has 25 heavy (non-hydrogen) atoms. The van der Waals surface area contributed by atoms with E-state index in [0.717, 1.165) is 0 Å². The van der Waals surface area contributed by atoms with Crippen LogP contribution in [0.4, 0.5) is 0 Å². The lowest BCUT2D eigenvalue weighted by Gasteiger charge is -2.25. The molecule has 0 heterocycles. The summed E-state index contributed by atoms with van der Waals surface area (Å²) in [5.41, 5.74) is 8.59. The van der Waals surface area contributed by atoms with Crippen molar-refractivity contribution in [3.63, 3.8) is 0 Å². The average Bonchev–Trinajstić information content (AvgIpc) is 2.53. The summed E-state index contributed by atoms with van der Waals surface area (Å²) in [6, 6.07) is 20.3. The Bertz CT molecular complexity index is 738. The molecule has 0 radical (unpaired) electrons. The minimum Gasteiger partial charge on any atom is -0.0930 e. The summed E-state index contributed by atoms with van der Waals surface area (Å²) in [5, 5.41) is 0. The van der Waals surface area contributed by atoms with Gasteiger partial charge in [-0.1, -0.05) is 101 Å². The Kier molecular flexibility index (Phi) is 5.19. The second-order valence-corrected chi connectivity index (χ2v) is 9.95. The zero-order valence-corrected chi connectivity index (χ0v) is 17.4. The first-order chi connectivity index (χ1) is 11.9. The number of benzene rings is 3. The Labute approximate surface area is 156 Å². The van der Waals surface area contributed by atoms with Crippen LogP contribution in [-0.2, 0) is 0 Å². The van der Waals surface area contributed by atoms with Crippen molar-refractivity contribution in [2.45, 2.75) is 41.5 Å². The number of rotatable bonds is 3. The van der Waals surface area contributed by atoms with Crippen molar-refractivity contribution in [1.82, 2.24) is 0 Å². The van der Waals surface area contributed by atoms with Crippen LogP contribution < -0.4 is 13.3 Å². The first-order valence-corrected chi connectivity index (χ1v) is 10.8. The van der Waals surface area contributed by atoms with Crippen LogP contribution in [0.1, 0.15) is 33.4 Å². The molecule has 0 amide bonds. The van der Waals surface area contributed by atoms with Crippen molar-refractivity contribution in [3.8, 4) is 0 Å². The number of hydrogen-bond donors (Lipinski definition) is 0. The molecule has 0 N–H and O–H groups in total. The summed E-state index contributed by atoms with van der Waals surface area (Å²) < 4.78 is 4.78. The zero-order chi connectivity index (χ0) is 18.1. The molecular formula is C24H27Al. The highest BCUT2D eigenvalue weighted by Crippen LogP contribution is 2.12. The standard InChI is InChI=1S/3C8H9.Al/c3*1-7-4-3-5-8(2)6-7;/h3*3-5H,1-2H3;. The monoisotopic (exact) mass is 342 g/mol. The highest BCUT2D eigenvalue weighted by atomic mass is 27.2. The summed E-state index contributed by atoms with van der Waals surface area (Å²) in [6.07, 6.45) is 0. The van der Waals surface area contributed by atoms with E-state index in [1.54, 1.807) is 13.3 Å². The Morgan fingerprint density at radius 2 is 0.600 bits per heavy atom. The molecule has 0 aliphatic carbocycles.